The quantitative estimate of drug-likeness (QED) is 0.801. The molecule has 1 unspecified atom stereocenters. The van der Waals surface area contributed by atoms with Crippen LogP contribution in [0.1, 0.15) is 28.3 Å². The van der Waals surface area contributed by atoms with E-state index in [1.165, 1.54) is 6.20 Å². The molecule has 7 heteroatoms. The molecular formula is C12H15N3O4. The Hall–Kier alpha value is -2.02. The Morgan fingerprint density at radius 2 is 2.21 bits per heavy atom. The van der Waals surface area contributed by atoms with E-state index in [0.29, 0.717) is 18.1 Å². The smallest absolute Gasteiger partial charge is 0.331 e. The highest BCUT2D eigenvalue weighted by molar-refractivity contribution is 5.98. The minimum atomic E-state index is -1.35. The maximum absolute atomic E-state index is 12.1. The lowest BCUT2D eigenvalue weighted by Gasteiger charge is -2.23. The van der Waals surface area contributed by atoms with Crippen LogP contribution in [0.5, 0.6) is 0 Å². The van der Waals surface area contributed by atoms with Crippen LogP contribution in [0.4, 0.5) is 0 Å². The third-order valence-corrected chi connectivity index (χ3v) is 3.13. The third-order valence-electron chi connectivity index (χ3n) is 3.13. The van der Waals surface area contributed by atoms with Gasteiger partial charge in [0.25, 0.3) is 5.91 Å². The van der Waals surface area contributed by atoms with E-state index in [1.807, 2.05) is 0 Å². The molecule has 2 N–H and O–H groups in total. The number of aromatic nitrogens is 2. The number of hydrogen-bond acceptors (Lipinski definition) is 5. The lowest BCUT2D eigenvalue weighted by atomic mass is 9.98. The van der Waals surface area contributed by atoms with Crippen molar-refractivity contribution in [2.75, 3.05) is 13.2 Å². The molecule has 2 rings (SSSR count). The van der Waals surface area contributed by atoms with Gasteiger partial charge in [-0.3, -0.25) is 4.79 Å². The number of nitrogens with one attached hydrogen (secondary N) is 1. The van der Waals surface area contributed by atoms with Gasteiger partial charge in [-0.25, -0.2) is 14.8 Å². The molecule has 1 fully saturated rings. The highest BCUT2D eigenvalue weighted by Gasteiger charge is 2.44. The summed E-state index contributed by atoms with van der Waals surface area (Å²) in [5.41, 5.74) is -0.559. The zero-order valence-corrected chi connectivity index (χ0v) is 10.8. The Balaban J connectivity index is 2.22. The van der Waals surface area contributed by atoms with Crippen molar-refractivity contribution >= 4 is 11.9 Å². The van der Waals surface area contributed by atoms with Crippen LogP contribution in [-0.2, 0) is 9.53 Å². The van der Waals surface area contributed by atoms with E-state index in [2.05, 4.69) is 15.3 Å². The monoisotopic (exact) mass is 265 g/mol. The van der Waals surface area contributed by atoms with E-state index < -0.39 is 17.4 Å². The molecule has 1 saturated heterocycles. The Labute approximate surface area is 110 Å². The zero-order chi connectivity index (χ0) is 14.0. The molecule has 2 heterocycles. The molecule has 7 nitrogen and oxygen atoms in total. The lowest BCUT2D eigenvalue weighted by molar-refractivity contribution is -0.144. The zero-order valence-electron chi connectivity index (χ0n) is 10.8. The number of aryl methyl sites for hydroxylation is 2. The van der Waals surface area contributed by atoms with E-state index in [4.69, 9.17) is 4.74 Å². The average molecular weight is 265 g/mol. The van der Waals surface area contributed by atoms with Crippen molar-refractivity contribution in [2.45, 2.75) is 25.8 Å². The maximum Gasteiger partial charge on any atom is 0.331 e. The second kappa shape index (κ2) is 4.93. The van der Waals surface area contributed by atoms with Gasteiger partial charge in [-0.05, 0) is 13.8 Å². The van der Waals surface area contributed by atoms with Crippen LogP contribution in [0.2, 0.25) is 0 Å². The summed E-state index contributed by atoms with van der Waals surface area (Å²) < 4.78 is 5.08. The summed E-state index contributed by atoms with van der Waals surface area (Å²) in [7, 11) is 0. The first-order valence-electron chi connectivity index (χ1n) is 5.88. The Morgan fingerprint density at radius 1 is 1.47 bits per heavy atom. The fourth-order valence-corrected chi connectivity index (χ4v) is 1.98. The minimum Gasteiger partial charge on any atom is -0.479 e. The average Bonchev–Trinajstić information content (AvgIpc) is 2.78. The maximum atomic E-state index is 12.1. The number of ether oxygens (including phenoxy) is 1. The van der Waals surface area contributed by atoms with Crippen molar-refractivity contribution in [1.29, 1.82) is 0 Å². The Bertz CT molecular complexity index is 524. The summed E-state index contributed by atoms with van der Waals surface area (Å²) in [4.78, 5) is 31.5. The summed E-state index contributed by atoms with van der Waals surface area (Å²) in [6.07, 6.45) is 1.65. The minimum absolute atomic E-state index is 0.0279. The van der Waals surface area contributed by atoms with E-state index >= 15 is 0 Å². The molecule has 1 aliphatic rings. The van der Waals surface area contributed by atoms with Gasteiger partial charge >= 0.3 is 5.97 Å². The number of carboxylic acids is 1. The molecule has 0 spiro atoms. The molecule has 1 amide bonds. The second-order valence-corrected chi connectivity index (χ2v) is 4.56. The Kier molecular flexibility index (Phi) is 3.48. The van der Waals surface area contributed by atoms with Crippen LogP contribution in [0.25, 0.3) is 0 Å². The van der Waals surface area contributed by atoms with Gasteiger partial charge in [0.1, 0.15) is 5.82 Å². The molecule has 0 saturated carbocycles. The number of carboxylic acid groups (broad SMARTS) is 1. The number of aliphatic carboxylic acids is 1. The molecule has 1 aliphatic heterocycles. The van der Waals surface area contributed by atoms with Gasteiger partial charge in [0.15, 0.2) is 5.54 Å². The van der Waals surface area contributed by atoms with Crippen molar-refractivity contribution in [1.82, 2.24) is 15.3 Å². The van der Waals surface area contributed by atoms with Crippen LogP contribution >= 0.6 is 0 Å². The van der Waals surface area contributed by atoms with Crippen molar-refractivity contribution in [3.63, 3.8) is 0 Å². The standard InChI is InChI=1S/C12H15N3O4/c1-7-9(5-13-8(2)14-7)10(16)15-12(11(17)18)3-4-19-6-12/h5H,3-4,6H2,1-2H3,(H,15,16)(H,17,18). The molecule has 1 atom stereocenters. The SMILES string of the molecule is Cc1ncc(C(=O)NC2(C(=O)O)CCOC2)c(C)n1. The van der Waals surface area contributed by atoms with Crippen LogP contribution in [0, 0.1) is 13.8 Å². The van der Waals surface area contributed by atoms with Gasteiger partial charge in [-0.1, -0.05) is 0 Å². The van der Waals surface area contributed by atoms with E-state index in [-0.39, 0.29) is 18.6 Å². The fraction of sp³-hybridized carbons (Fsp3) is 0.500. The summed E-state index contributed by atoms with van der Waals surface area (Å²) in [5.74, 6) is -1.03. The van der Waals surface area contributed by atoms with Gasteiger partial charge < -0.3 is 15.2 Å². The predicted octanol–water partition coefficient (Wildman–Crippen LogP) is 0.0669. The van der Waals surface area contributed by atoms with Crippen LogP contribution < -0.4 is 5.32 Å². The van der Waals surface area contributed by atoms with Gasteiger partial charge in [-0.2, -0.15) is 0 Å². The third kappa shape index (κ3) is 2.55. The molecular weight excluding hydrogens is 250 g/mol. The van der Waals surface area contributed by atoms with Crippen molar-refractivity contribution < 1.29 is 19.4 Å². The first-order valence-corrected chi connectivity index (χ1v) is 5.88. The summed E-state index contributed by atoms with van der Waals surface area (Å²) in [6.45, 7) is 3.69. The number of rotatable bonds is 3. The number of carbonyl (C=O) groups is 2. The van der Waals surface area contributed by atoms with Crippen molar-refractivity contribution in [3.05, 3.63) is 23.3 Å². The number of amides is 1. The van der Waals surface area contributed by atoms with Gasteiger partial charge in [-0.15, -0.1) is 0 Å². The van der Waals surface area contributed by atoms with Crippen molar-refractivity contribution in [2.24, 2.45) is 0 Å². The molecule has 0 aromatic carbocycles. The van der Waals surface area contributed by atoms with E-state index in [0.717, 1.165) is 0 Å². The molecule has 102 valence electrons. The van der Waals surface area contributed by atoms with Crippen LogP contribution in [0.3, 0.4) is 0 Å². The highest BCUT2D eigenvalue weighted by Crippen LogP contribution is 2.20. The largest absolute Gasteiger partial charge is 0.479 e. The fourth-order valence-electron chi connectivity index (χ4n) is 1.98. The topological polar surface area (TPSA) is 101 Å². The first kappa shape index (κ1) is 13.4. The van der Waals surface area contributed by atoms with E-state index in [1.54, 1.807) is 13.8 Å². The molecule has 19 heavy (non-hydrogen) atoms. The van der Waals surface area contributed by atoms with Gasteiger partial charge in [0.2, 0.25) is 0 Å². The predicted molar refractivity (Wildman–Crippen MR) is 64.8 cm³/mol. The number of carbonyl (C=O) groups excluding carboxylic acids is 1. The second-order valence-electron chi connectivity index (χ2n) is 4.56. The molecule has 1 aromatic rings. The van der Waals surface area contributed by atoms with Gasteiger partial charge in [0.05, 0.1) is 17.9 Å². The molecule has 0 bridgehead atoms. The summed E-state index contributed by atoms with van der Waals surface area (Å²) >= 11 is 0. The normalized spacial score (nSPS) is 22.2. The molecule has 0 aliphatic carbocycles. The van der Waals surface area contributed by atoms with Gasteiger partial charge in [0, 0.05) is 19.2 Å². The number of hydrogen-bond donors (Lipinski definition) is 2. The summed E-state index contributed by atoms with van der Waals surface area (Å²) in [6, 6.07) is 0. The summed E-state index contributed by atoms with van der Waals surface area (Å²) in [5, 5.41) is 11.8. The first-order chi connectivity index (χ1) is 8.94. The van der Waals surface area contributed by atoms with Crippen molar-refractivity contribution in [3.8, 4) is 0 Å². The van der Waals surface area contributed by atoms with Crippen LogP contribution in [-0.4, -0.2) is 45.7 Å². The Morgan fingerprint density at radius 3 is 2.74 bits per heavy atom. The van der Waals surface area contributed by atoms with Crippen LogP contribution in [0.15, 0.2) is 6.20 Å². The lowest BCUT2D eigenvalue weighted by Crippen LogP contribution is -2.55. The number of nitrogens with zero attached hydrogens (tertiary/aromatic N) is 2. The molecule has 1 aromatic heterocycles. The highest BCUT2D eigenvalue weighted by atomic mass is 16.5. The van der Waals surface area contributed by atoms with E-state index in [9.17, 15) is 14.7 Å². The molecule has 0 radical (unpaired) electrons.